The van der Waals surface area contributed by atoms with Gasteiger partial charge in [-0.3, -0.25) is 29.6 Å². The Morgan fingerprint density at radius 2 is 0.595 bits per heavy atom. The number of halogens is 14. The van der Waals surface area contributed by atoms with Crippen LogP contribution in [0, 0.1) is 11.6 Å². The van der Waals surface area contributed by atoms with Crippen molar-refractivity contribution in [2.24, 2.45) is 0 Å². The third-order valence-electron chi connectivity index (χ3n) is 13.0. The highest BCUT2D eigenvalue weighted by Gasteiger charge is 2.72. The lowest BCUT2D eigenvalue weighted by Crippen LogP contribution is -2.53. The van der Waals surface area contributed by atoms with Crippen molar-refractivity contribution in [2.75, 3.05) is 52.4 Å². The van der Waals surface area contributed by atoms with Gasteiger partial charge in [0.1, 0.15) is 11.6 Å². The van der Waals surface area contributed by atoms with Gasteiger partial charge in [0.25, 0.3) is 11.2 Å². The van der Waals surface area contributed by atoms with E-state index in [4.69, 9.17) is 0 Å². The van der Waals surface area contributed by atoms with E-state index in [1.54, 1.807) is 73.3 Å². The Balaban J connectivity index is 0.000000216. The summed E-state index contributed by atoms with van der Waals surface area (Å²) < 4.78 is 186. The lowest BCUT2D eigenvalue weighted by atomic mass is 9.90. The van der Waals surface area contributed by atoms with E-state index in [1.807, 2.05) is 24.3 Å². The van der Waals surface area contributed by atoms with Gasteiger partial charge in [-0.15, -0.1) is 0 Å². The molecule has 0 radical (unpaired) electrons. The monoisotopic (exact) mass is 1050 g/mol. The van der Waals surface area contributed by atoms with E-state index >= 15 is 0 Å². The second kappa shape index (κ2) is 22.4. The topological polar surface area (TPSA) is 79.2 Å². The minimum absolute atomic E-state index is 0.0790. The van der Waals surface area contributed by atoms with Gasteiger partial charge < -0.3 is 10.2 Å². The summed E-state index contributed by atoms with van der Waals surface area (Å²) in [7, 11) is 0. The molecule has 2 aromatic heterocycles. The van der Waals surface area contributed by atoms with Gasteiger partial charge >= 0.3 is 24.7 Å². The van der Waals surface area contributed by atoms with Crippen LogP contribution in [-0.2, 0) is 37.4 Å². The third-order valence-corrected chi connectivity index (χ3v) is 13.0. The molecule has 74 heavy (non-hydrogen) atoms. The Bertz CT molecular complexity index is 2540. The van der Waals surface area contributed by atoms with E-state index in [2.05, 4.69) is 29.6 Å². The Hall–Kier alpha value is -6.04. The molecule has 2 saturated heterocycles. The molecule has 0 amide bonds. The van der Waals surface area contributed by atoms with Crippen LogP contribution in [0.25, 0.3) is 22.3 Å². The van der Waals surface area contributed by atoms with Crippen molar-refractivity contribution in [3.8, 4) is 22.3 Å². The molecule has 2 aliphatic heterocycles. The molecule has 4 aromatic carbocycles. The summed E-state index contributed by atoms with van der Waals surface area (Å²) >= 11 is 0. The number of nitrogens with zero attached hydrogens (tertiary/aromatic N) is 6. The molecule has 0 aliphatic carbocycles. The van der Waals surface area contributed by atoms with Crippen molar-refractivity contribution in [1.82, 2.24) is 29.6 Å². The van der Waals surface area contributed by atoms with Gasteiger partial charge in [0.2, 0.25) is 0 Å². The van der Waals surface area contributed by atoms with Crippen molar-refractivity contribution < 1.29 is 71.7 Å². The van der Waals surface area contributed by atoms with E-state index < -0.39 is 58.7 Å². The van der Waals surface area contributed by atoms with Crippen LogP contribution in [0.5, 0.6) is 0 Å². The molecule has 2 aliphatic rings. The minimum atomic E-state index is -6.08. The first-order valence-corrected chi connectivity index (χ1v) is 22.9. The zero-order valence-corrected chi connectivity index (χ0v) is 39.1. The van der Waals surface area contributed by atoms with Gasteiger partial charge in [-0.2, -0.15) is 52.7 Å². The first kappa shape index (κ1) is 55.7. The average molecular weight is 1050 g/mol. The van der Waals surface area contributed by atoms with Crippen LogP contribution in [0.2, 0.25) is 0 Å². The molecular weight excluding hydrogens is 1010 g/mol. The summed E-state index contributed by atoms with van der Waals surface area (Å²) in [5, 5.41) is 19.0. The summed E-state index contributed by atoms with van der Waals surface area (Å²) in [4.78, 5) is 17.3. The summed E-state index contributed by atoms with van der Waals surface area (Å²) in [6.07, 6.45) is -17.3. The quantitative estimate of drug-likeness (QED) is 0.117. The molecule has 22 heteroatoms. The van der Waals surface area contributed by atoms with E-state index in [1.165, 1.54) is 11.1 Å². The average Bonchev–Trinajstić information content (AvgIpc) is 3.35. The third kappa shape index (κ3) is 12.7. The fourth-order valence-electron chi connectivity index (χ4n) is 8.72. The smallest absolute Gasteiger partial charge is 0.369 e. The van der Waals surface area contributed by atoms with Gasteiger partial charge in [-0.25, -0.2) is 8.78 Å². The second-order valence-corrected chi connectivity index (χ2v) is 18.0. The molecule has 8 nitrogen and oxygen atoms in total. The standard InChI is InChI=1S/2C26H24F7N3O/c2*27-23-15-21(24(37,25(28,29)30)26(31,32)33)5-6-22(23)20-3-1-18(2-4-20)16-35-11-13-36(14-12-35)17-19-7-9-34-10-8-19/h2*1-10,15,37H,11-14,16-17H2. The fraction of sp³-hybridized carbons (Fsp3) is 0.346. The highest BCUT2D eigenvalue weighted by atomic mass is 19.4. The second-order valence-electron chi connectivity index (χ2n) is 18.0. The Kier molecular flexibility index (Phi) is 16.9. The molecule has 0 bridgehead atoms. The molecule has 4 heterocycles. The molecule has 2 fully saturated rings. The van der Waals surface area contributed by atoms with Crippen LogP contribution in [0.3, 0.4) is 0 Å². The van der Waals surface area contributed by atoms with Crippen LogP contribution in [0.1, 0.15) is 33.4 Å². The number of hydrogen-bond acceptors (Lipinski definition) is 8. The first-order chi connectivity index (χ1) is 34.8. The van der Waals surface area contributed by atoms with Crippen molar-refractivity contribution >= 4 is 0 Å². The maximum atomic E-state index is 14.6. The van der Waals surface area contributed by atoms with Gasteiger partial charge in [-0.1, -0.05) is 72.8 Å². The first-order valence-electron chi connectivity index (χ1n) is 22.9. The molecule has 2 N–H and O–H groups in total. The zero-order chi connectivity index (χ0) is 53.7. The van der Waals surface area contributed by atoms with Gasteiger partial charge in [0.05, 0.1) is 0 Å². The Labute approximate surface area is 416 Å². The molecule has 0 atom stereocenters. The molecular formula is C52H48F14N6O2. The lowest BCUT2D eigenvalue weighted by Gasteiger charge is -2.34. The van der Waals surface area contributed by atoms with Crippen LogP contribution < -0.4 is 0 Å². The fourth-order valence-corrected chi connectivity index (χ4v) is 8.72. The predicted octanol–water partition coefficient (Wildman–Crippen LogP) is 11.0. The SMILES string of the molecule is OC(c1ccc(-c2ccc(CN3CCN(Cc4ccncc4)CC3)cc2)c(F)c1)(C(F)(F)F)C(F)(F)F.OC(c1ccc(-c2ccc(CN3CCN(Cc4ccncc4)CC3)cc2)c(F)c1)(C(F)(F)F)C(F)(F)F. The van der Waals surface area contributed by atoms with Crippen molar-refractivity contribution in [2.45, 2.75) is 62.1 Å². The van der Waals surface area contributed by atoms with E-state index in [9.17, 15) is 71.7 Å². The molecule has 0 spiro atoms. The summed E-state index contributed by atoms with van der Waals surface area (Å²) in [6, 6.07) is 23.8. The summed E-state index contributed by atoms with van der Waals surface area (Å²) in [6.45, 7) is 9.95. The molecule has 396 valence electrons. The number of benzene rings is 4. The minimum Gasteiger partial charge on any atom is -0.369 e. The van der Waals surface area contributed by atoms with E-state index in [-0.39, 0.29) is 34.4 Å². The maximum absolute atomic E-state index is 14.6. The van der Waals surface area contributed by atoms with E-state index in [0.29, 0.717) is 25.2 Å². The highest BCUT2D eigenvalue weighted by molar-refractivity contribution is 5.66. The summed E-state index contributed by atoms with van der Waals surface area (Å²) in [5.41, 5.74) is -9.12. The van der Waals surface area contributed by atoms with Crippen LogP contribution in [-0.4, -0.2) is 117 Å². The maximum Gasteiger partial charge on any atom is 0.430 e. The van der Waals surface area contributed by atoms with Crippen LogP contribution in [0.15, 0.2) is 134 Å². The number of alkyl halides is 12. The van der Waals surface area contributed by atoms with Gasteiger partial charge in [-0.05, 0) is 69.8 Å². The van der Waals surface area contributed by atoms with E-state index in [0.717, 1.165) is 88.7 Å². The highest BCUT2D eigenvalue weighted by Crippen LogP contribution is 2.52. The number of hydrogen-bond donors (Lipinski definition) is 2. The zero-order valence-electron chi connectivity index (χ0n) is 39.1. The largest absolute Gasteiger partial charge is 0.430 e. The van der Waals surface area contributed by atoms with Crippen molar-refractivity contribution in [3.63, 3.8) is 0 Å². The van der Waals surface area contributed by atoms with Crippen LogP contribution in [0.4, 0.5) is 61.5 Å². The molecule has 8 rings (SSSR count). The Morgan fingerprint density at radius 3 is 0.824 bits per heavy atom. The number of piperazine rings is 2. The normalized spacial score (nSPS) is 16.2. The number of pyridine rings is 2. The van der Waals surface area contributed by atoms with Crippen molar-refractivity contribution in [3.05, 3.63) is 179 Å². The van der Waals surface area contributed by atoms with Crippen molar-refractivity contribution in [1.29, 1.82) is 0 Å². The summed E-state index contributed by atoms with van der Waals surface area (Å²) in [5.74, 6) is -2.61. The lowest BCUT2D eigenvalue weighted by molar-refractivity contribution is -0.376. The number of aromatic nitrogens is 2. The number of rotatable bonds is 12. The molecule has 0 unspecified atom stereocenters. The van der Waals surface area contributed by atoms with Crippen LogP contribution >= 0.6 is 0 Å². The molecule has 0 saturated carbocycles. The number of aliphatic hydroxyl groups is 2. The predicted molar refractivity (Wildman–Crippen MR) is 245 cm³/mol. The molecule has 6 aromatic rings. The Morgan fingerprint density at radius 1 is 0.351 bits per heavy atom. The van der Waals surface area contributed by atoms with Gasteiger partial charge in [0, 0.05) is 126 Å². The van der Waals surface area contributed by atoms with Gasteiger partial charge in [0.15, 0.2) is 0 Å².